The van der Waals surface area contributed by atoms with E-state index >= 15 is 0 Å². The Morgan fingerprint density at radius 1 is 1.21 bits per heavy atom. The number of H-pyrrole nitrogens is 1. The highest BCUT2D eigenvalue weighted by molar-refractivity contribution is 5.98. The molecule has 0 radical (unpaired) electrons. The van der Waals surface area contributed by atoms with E-state index in [1.54, 1.807) is 13.2 Å². The van der Waals surface area contributed by atoms with Gasteiger partial charge in [0.25, 0.3) is 0 Å². The number of carbonyl (C=O) groups excluding carboxylic acids is 1. The van der Waals surface area contributed by atoms with Crippen molar-refractivity contribution in [1.29, 1.82) is 0 Å². The molecule has 0 saturated heterocycles. The first-order valence-electron chi connectivity index (χ1n) is 11.1. The maximum absolute atomic E-state index is 12.0. The number of ether oxygens (including phenoxy) is 2. The number of likely N-dealkylation sites (N-methyl/N-ethyl adjacent to an activating group) is 1. The minimum absolute atomic E-state index is 0.0341. The summed E-state index contributed by atoms with van der Waals surface area (Å²) < 4.78 is 11.4. The fourth-order valence-electron chi connectivity index (χ4n) is 3.23. The Morgan fingerprint density at radius 3 is 2.58 bits per heavy atom. The Morgan fingerprint density at radius 2 is 1.97 bits per heavy atom. The summed E-state index contributed by atoms with van der Waals surface area (Å²) in [5.74, 6) is 1.67. The van der Waals surface area contributed by atoms with Crippen LogP contribution in [0, 0.1) is 5.92 Å². The van der Waals surface area contributed by atoms with Gasteiger partial charge in [0.05, 0.1) is 13.7 Å². The van der Waals surface area contributed by atoms with Crippen LogP contribution in [0.25, 0.3) is 22.2 Å². The molecule has 10 nitrogen and oxygen atoms in total. The van der Waals surface area contributed by atoms with Crippen molar-refractivity contribution >= 4 is 22.8 Å². The van der Waals surface area contributed by atoms with E-state index in [-0.39, 0.29) is 24.5 Å². The van der Waals surface area contributed by atoms with Crippen molar-refractivity contribution in [3.8, 4) is 22.9 Å². The first-order chi connectivity index (χ1) is 16.0. The lowest BCUT2D eigenvalue weighted by molar-refractivity contribution is -0.117. The molecular formula is C23H30N6O4. The van der Waals surface area contributed by atoms with Crippen LogP contribution in [0.3, 0.4) is 0 Å². The molecule has 0 aromatic carbocycles. The number of nitrogens with one attached hydrogen (secondary N) is 2. The predicted molar refractivity (Wildman–Crippen MR) is 124 cm³/mol. The Kier molecular flexibility index (Phi) is 7.05. The van der Waals surface area contributed by atoms with Crippen LogP contribution in [-0.2, 0) is 4.79 Å². The molecule has 1 amide bonds. The number of rotatable bonds is 8. The van der Waals surface area contributed by atoms with E-state index in [2.05, 4.69) is 25.3 Å². The van der Waals surface area contributed by atoms with Gasteiger partial charge in [-0.05, 0) is 51.9 Å². The second kappa shape index (κ2) is 10.1. The summed E-state index contributed by atoms with van der Waals surface area (Å²) in [4.78, 5) is 30.1. The van der Waals surface area contributed by atoms with Crippen molar-refractivity contribution in [2.45, 2.75) is 31.8 Å². The normalized spacial score (nSPS) is 15.2. The van der Waals surface area contributed by atoms with Crippen LogP contribution in [0.15, 0.2) is 24.7 Å². The minimum Gasteiger partial charge on any atom is -0.480 e. The third-order valence-electron chi connectivity index (χ3n) is 5.33. The molecule has 3 aromatic rings. The van der Waals surface area contributed by atoms with Crippen LogP contribution >= 0.6 is 0 Å². The molecule has 0 atom stereocenters. The van der Waals surface area contributed by atoms with Crippen LogP contribution in [0.5, 0.6) is 11.8 Å². The highest BCUT2D eigenvalue weighted by Crippen LogP contribution is 2.41. The van der Waals surface area contributed by atoms with Gasteiger partial charge in [0.15, 0.2) is 0 Å². The van der Waals surface area contributed by atoms with E-state index in [0.29, 0.717) is 28.8 Å². The molecule has 176 valence electrons. The Hall–Kier alpha value is -3.24. The highest BCUT2D eigenvalue weighted by atomic mass is 16.5. The van der Waals surface area contributed by atoms with Crippen molar-refractivity contribution in [2.24, 2.45) is 5.92 Å². The summed E-state index contributed by atoms with van der Waals surface area (Å²) in [6.07, 6.45) is 7.47. The number of aromatic amines is 1. The van der Waals surface area contributed by atoms with Crippen LogP contribution in [0.1, 0.15) is 25.7 Å². The molecule has 2 aliphatic carbocycles. The zero-order valence-corrected chi connectivity index (χ0v) is 19.2. The number of hydrogen-bond acceptors (Lipinski definition) is 8. The standard InChI is InChI=1S/C19H19N5O3.C4H11NO/c1-26-18-15(19(22-9-21-18)27-11-4-5-11)13-8-20-16-12(13)6-7-14(23-16)24-17(25)10-2-3-10;1-5(2)3-4-6/h6-11H,2-5H2,1H3,(H2,20,23,24,25);6H,3-4H2,1-2H3. The zero-order valence-electron chi connectivity index (χ0n) is 19.2. The SMILES string of the molecule is CN(C)CCO.COc1ncnc(OC2CC2)c1-c1c[nH]c2nc(NC(=O)C3CC3)ccc12. The smallest absolute Gasteiger partial charge is 0.228 e. The lowest BCUT2D eigenvalue weighted by Gasteiger charge is -2.12. The molecule has 3 heterocycles. The number of amides is 1. The van der Waals surface area contributed by atoms with Crippen molar-refractivity contribution in [3.05, 3.63) is 24.7 Å². The number of anilines is 1. The number of fused-ring (bicyclic) bond motifs is 1. The number of methoxy groups -OCH3 is 1. The average molecular weight is 455 g/mol. The summed E-state index contributed by atoms with van der Waals surface area (Å²) >= 11 is 0. The maximum atomic E-state index is 12.0. The van der Waals surface area contributed by atoms with E-state index in [9.17, 15) is 4.79 Å². The van der Waals surface area contributed by atoms with Crippen molar-refractivity contribution in [1.82, 2.24) is 24.8 Å². The number of pyridine rings is 1. The van der Waals surface area contributed by atoms with Gasteiger partial charge < -0.3 is 29.8 Å². The molecule has 5 rings (SSSR count). The Bertz CT molecular complexity index is 1110. The predicted octanol–water partition coefficient (Wildman–Crippen LogP) is 2.46. The summed E-state index contributed by atoms with van der Waals surface area (Å²) in [7, 11) is 5.43. The van der Waals surface area contributed by atoms with E-state index in [1.807, 2.05) is 31.3 Å². The Balaban J connectivity index is 0.000000385. The van der Waals surface area contributed by atoms with Crippen molar-refractivity contribution < 1.29 is 19.4 Å². The number of nitrogens with zero attached hydrogens (tertiary/aromatic N) is 4. The van der Waals surface area contributed by atoms with Crippen LogP contribution < -0.4 is 14.8 Å². The minimum atomic E-state index is 0.0341. The number of aliphatic hydroxyl groups excluding tert-OH is 1. The van der Waals surface area contributed by atoms with Gasteiger partial charge in [-0.25, -0.2) is 15.0 Å². The lowest BCUT2D eigenvalue weighted by Crippen LogP contribution is -2.15. The van der Waals surface area contributed by atoms with Gasteiger partial charge in [-0.3, -0.25) is 4.79 Å². The van der Waals surface area contributed by atoms with Gasteiger partial charge in [0, 0.05) is 29.6 Å². The summed E-state index contributed by atoms with van der Waals surface area (Å²) in [5.41, 5.74) is 2.22. The second-order valence-corrected chi connectivity index (χ2v) is 8.47. The van der Waals surface area contributed by atoms with Crippen molar-refractivity contribution in [2.75, 3.05) is 39.7 Å². The third kappa shape index (κ3) is 5.77. The van der Waals surface area contributed by atoms with Crippen LogP contribution in [0.4, 0.5) is 5.82 Å². The summed E-state index contributed by atoms with van der Waals surface area (Å²) in [5, 5.41) is 11.9. The molecule has 2 fully saturated rings. The number of aliphatic hydroxyl groups is 1. The van der Waals surface area contributed by atoms with Gasteiger partial charge in [0.2, 0.25) is 17.7 Å². The molecule has 0 spiro atoms. The summed E-state index contributed by atoms with van der Waals surface area (Å²) in [6.45, 7) is 1.02. The van der Waals surface area contributed by atoms with E-state index in [1.165, 1.54) is 6.33 Å². The molecular weight excluding hydrogens is 424 g/mol. The lowest BCUT2D eigenvalue weighted by atomic mass is 10.1. The van der Waals surface area contributed by atoms with Gasteiger partial charge in [-0.1, -0.05) is 0 Å². The molecule has 0 aliphatic heterocycles. The summed E-state index contributed by atoms with van der Waals surface area (Å²) in [6, 6.07) is 3.72. The molecule has 0 unspecified atom stereocenters. The molecule has 2 aliphatic rings. The highest BCUT2D eigenvalue weighted by Gasteiger charge is 2.30. The average Bonchev–Trinajstić information content (AvgIpc) is 3.72. The first kappa shape index (κ1) is 22.9. The number of carbonyl (C=O) groups is 1. The van der Waals surface area contributed by atoms with Crippen LogP contribution in [0.2, 0.25) is 0 Å². The van der Waals surface area contributed by atoms with Crippen LogP contribution in [-0.4, -0.2) is 76.3 Å². The van der Waals surface area contributed by atoms with Gasteiger partial charge in [-0.15, -0.1) is 0 Å². The third-order valence-corrected chi connectivity index (χ3v) is 5.33. The van der Waals surface area contributed by atoms with E-state index in [0.717, 1.165) is 43.2 Å². The second-order valence-electron chi connectivity index (χ2n) is 8.47. The topological polar surface area (TPSA) is 125 Å². The molecule has 10 heteroatoms. The fraction of sp³-hybridized carbons (Fsp3) is 0.478. The Labute approximate surface area is 192 Å². The molecule has 2 saturated carbocycles. The maximum Gasteiger partial charge on any atom is 0.228 e. The van der Waals surface area contributed by atoms with E-state index in [4.69, 9.17) is 14.6 Å². The first-order valence-corrected chi connectivity index (χ1v) is 11.1. The van der Waals surface area contributed by atoms with Crippen molar-refractivity contribution in [3.63, 3.8) is 0 Å². The van der Waals surface area contributed by atoms with Gasteiger partial charge in [0.1, 0.15) is 29.5 Å². The van der Waals surface area contributed by atoms with Gasteiger partial charge in [-0.2, -0.15) is 0 Å². The number of hydrogen-bond donors (Lipinski definition) is 3. The number of aromatic nitrogens is 4. The molecule has 3 aromatic heterocycles. The zero-order chi connectivity index (χ0) is 23.4. The van der Waals surface area contributed by atoms with Gasteiger partial charge >= 0.3 is 0 Å². The molecule has 3 N–H and O–H groups in total. The monoisotopic (exact) mass is 454 g/mol. The molecule has 33 heavy (non-hydrogen) atoms. The quantitative estimate of drug-likeness (QED) is 0.474. The van der Waals surface area contributed by atoms with E-state index < -0.39 is 0 Å². The largest absolute Gasteiger partial charge is 0.480 e. The molecule has 0 bridgehead atoms. The fourth-order valence-corrected chi connectivity index (χ4v) is 3.23.